The van der Waals surface area contributed by atoms with Crippen LogP contribution in [-0.2, 0) is 0 Å². The van der Waals surface area contributed by atoms with Gasteiger partial charge in [0.05, 0.1) is 12.5 Å². The van der Waals surface area contributed by atoms with Crippen molar-refractivity contribution in [3.8, 4) is 0 Å². The molecular formula is C11H10N4O. The summed E-state index contributed by atoms with van der Waals surface area (Å²) in [7, 11) is 0. The number of hydrogen-bond acceptors (Lipinski definition) is 4. The predicted molar refractivity (Wildman–Crippen MR) is 61.3 cm³/mol. The van der Waals surface area contributed by atoms with E-state index in [0.29, 0.717) is 11.5 Å². The molecule has 0 aliphatic rings. The molecule has 0 aliphatic carbocycles. The summed E-state index contributed by atoms with van der Waals surface area (Å²) in [5, 5.41) is 7.60. The van der Waals surface area contributed by atoms with Crippen LogP contribution in [0.2, 0.25) is 0 Å². The van der Waals surface area contributed by atoms with E-state index in [1.165, 1.54) is 6.21 Å². The molecule has 5 heteroatoms. The predicted octanol–water partition coefficient (Wildman–Crippen LogP) is 1.41. The van der Waals surface area contributed by atoms with Crippen LogP contribution >= 0.6 is 0 Å². The fourth-order valence-corrected chi connectivity index (χ4v) is 1.08. The van der Waals surface area contributed by atoms with Gasteiger partial charge in [0.25, 0.3) is 0 Å². The Morgan fingerprint density at radius 2 is 2.25 bits per heavy atom. The smallest absolute Gasteiger partial charge is 0.171 e. The second-order valence-electron chi connectivity index (χ2n) is 2.96. The van der Waals surface area contributed by atoms with Gasteiger partial charge in [-0.05, 0) is 24.3 Å². The van der Waals surface area contributed by atoms with Crippen LogP contribution < -0.4 is 5.73 Å². The van der Waals surface area contributed by atoms with E-state index in [1.54, 1.807) is 30.7 Å². The Bertz CT molecular complexity index is 488. The van der Waals surface area contributed by atoms with Crippen molar-refractivity contribution in [1.82, 2.24) is 4.98 Å². The van der Waals surface area contributed by atoms with Crippen molar-refractivity contribution in [2.45, 2.75) is 0 Å². The maximum absolute atomic E-state index is 5.68. The van der Waals surface area contributed by atoms with Gasteiger partial charge in [0, 0.05) is 6.20 Å². The molecule has 0 aliphatic heterocycles. The molecule has 0 bridgehead atoms. The first-order valence-corrected chi connectivity index (χ1v) is 4.67. The molecule has 0 atom stereocenters. The van der Waals surface area contributed by atoms with Crippen molar-refractivity contribution in [3.05, 3.63) is 54.2 Å². The van der Waals surface area contributed by atoms with Gasteiger partial charge in [-0.3, -0.25) is 4.98 Å². The number of nitrogens with two attached hydrogens (primary N) is 1. The Hall–Kier alpha value is -2.43. The number of nitrogens with zero attached hydrogens (tertiary/aromatic N) is 3. The molecule has 0 amide bonds. The Kier molecular flexibility index (Phi) is 3.08. The van der Waals surface area contributed by atoms with E-state index in [0.717, 1.165) is 0 Å². The maximum atomic E-state index is 5.68. The van der Waals surface area contributed by atoms with Gasteiger partial charge in [0.2, 0.25) is 0 Å². The lowest BCUT2D eigenvalue weighted by Crippen LogP contribution is -2.14. The van der Waals surface area contributed by atoms with Gasteiger partial charge >= 0.3 is 0 Å². The lowest BCUT2D eigenvalue weighted by atomic mass is 10.3. The number of rotatable bonds is 3. The van der Waals surface area contributed by atoms with Gasteiger partial charge in [-0.25, -0.2) is 0 Å². The zero-order valence-corrected chi connectivity index (χ0v) is 8.45. The minimum absolute atomic E-state index is 0.267. The number of hydrogen-bond donors (Lipinski definition) is 1. The van der Waals surface area contributed by atoms with Crippen molar-refractivity contribution < 1.29 is 4.42 Å². The van der Waals surface area contributed by atoms with E-state index >= 15 is 0 Å². The van der Waals surface area contributed by atoms with E-state index in [2.05, 4.69) is 15.2 Å². The first kappa shape index (κ1) is 10.1. The molecule has 0 fully saturated rings. The minimum atomic E-state index is 0.267. The summed E-state index contributed by atoms with van der Waals surface area (Å²) < 4.78 is 5.05. The van der Waals surface area contributed by atoms with E-state index in [9.17, 15) is 0 Å². The highest BCUT2D eigenvalue weighted by atomic mass is 16.3. The molecular weight excluding hydrogens is 204 g/mol. The summed E-state index contributed by atoms with van der Waals surface area (Å²) in [6.07, 6.45) is 4.69. The zero-order valence-electron chi connectivity index (χ0n) is 8.45. The third-order valence-electron chi connectivity index (χ3n) is 1.82. The van der Waals surface area contributed by atoms with Crippen LogP contribution in [0.25, 0.3) is 0 Å². The molecule has 0 saturated heterocycles. The van der Waals surface area contributed by atoms with Crippen molar-refractivity contribution in [3.63, 3.8) is 0 Å². The molecule has 5 nitrogen and oxygen atoms in total. The summed E-state index contributed by atoms with van der Waals surface area (Å²) in [6, 6.07) is 8.95. The van der Waals surface area contributed by atoms with Gasteiger partial charge in [-0.2, -0.15) is 5.10 Å². The molecule has 2 rings (SSSR count). The average molecular weight is 214 g/mol. The van der Waals surface area contributed by atoms with Crippen LogP contribution in [0.15, 0.2) is 57.4 Å². The summed E-state index contributed by atoms with van der Waals surface area (Å²) in [6.45, 7) is 0. The molecule has 2 heterocycles. The van der Waals surface area contributed by atoms with Crippen LogP contribution in [0.1, 0.15) is 11.5 Å². The summed E-state index contributed by atoms with van der Waals surface area (Å²) in [5.74, 6) is 0.890. The van der Waals surface area contributed by atoms with Crippen molar-refractivity contribution in [2.75, 3.05) is 0 Å². The highest BCUT2D eigenvalue weighted by Crippen LogP contribution is 1.96. The summed E-state index contributed by atoms with van der Waals surface area (Å²) >= 11 is 0. The molecule has 0 spiro atoms. The van der Waals surface area contributed by atoms with Crippen LogP contribution in [0.4, 0.5) is 0 Å². The lowest BCUT2D eigenvalue weighted by molar-refractivity contribution is 0.560. The maximum Gasteiger partial charge on any atom is 0.171 e. The Morgan fingerprint density at radius 3 is 2.94 bits per heavy atom. The van der Waals surface area contributed by atoms with Gasteiger partial charge in [-0.1, -0.05) is 6.07 Å². The molecule has 2 N–H and O–H groups in total. The van der Waals surface area contributed by atoms with Crippen LogP contribution in [0.5, 0.6) is 0 Å². The first-order valence-electron chi connectivity index (χ1n) is 4.67. The van der Waals surface area contributed by atoms with Crippen molar-refractivity contribution >= 4 is 12.1 Å². The molecule has 16 heavy (non-hydrogen) atoms. The number of furan rings is 1. The van der Waals surface area contributed by atoms with Crippen LogP contribution in [0, 0.1) is 0 Å². The third-order valence-corrected chi connectivity index (χ3v) is 1.82. The van der Waals surface area contributed by atoms with Crippen molar-refractivity contribution in [2.24, 2.45) is 15.9 Å². The van der Waals surface area contributed by atoms with E-state index in [1.807, 2.05) is 12.1 Å². The fraction of sp³-hybridized carbons (Fsp3) is 0. The quantitative estimate of drug-likeness (QED) is 0.476. The summed E-state index contributed by atoms with van der Waals surface area (Å²) in [4.78, 5) is 4.04. The summed E-state index contributed by atoms with van der Waals surface area (Å²) in [5.41, 5.74) is 6.27. The molecule has 0 saturated carbocycles. The lowest BCUT2D eigenvalue weighted by Gasteiger charge is -1.94. The van der Waals surface area contributed by atoms with E-state index in [-0.39, 0.29) is 5.84 Å². The second-order valence-corrected chi connectivity index (χ2v) is 2.96. The number of amidine groups is 1. The van der Waals surface area contributed by atoms with Gasteiger partial charge in [-0.15, -0.1) is 5.10 Å². The molecule has 2 aromatic rings. The standard InChI is InChI=1S/C11H10N4O/c12-11(10-5-1-2-6-13-10)15-14-8-9-4-3-7-16-9/h1-8H,(H2,12,15)/b14-8+. The molecule has 0 aromatic carbocycles. The van der Waals surface area contributed by atoms with Gasteiger partial charge < -0.3 is 10.2 Å². The SMILES string of the molecule is N/C(=N\N=C\c1ccco1)c1ccccn1. The van der Waals surface area contributed by atoms with Gasteiger partial charge in [0.15, 0.2) is 5.84 Å². The van der Waals surface area contributed by atoms with E-state index in [4.69, 9.17) is 10.2 Å². The van der Waals surface area contributed by atoms with Crippen molar-refractivity contribution in [1.29, 1.82) is 0 Å². The minimum Gasteiger partial charge on any atom is -0.463 e. The average Bonchev–Trinajstić information content (AvgIpc) is 2.83. The number of aromatic nitrogens is 1. The highest BCUT2D eigenvalue weighted by Gasteiger charge is 1.96. The molecule has 80 valence electrons. The second kappa shape index (κ2) is 4.88. The molecule has 0 unspecified atom stereocenters. The Labute approximate surface area is 92.3 Å². The largest absolute Gasteiger partial charge is 0.463 e. The fourth-order valence-electron chi connectivity index (χ4n) is 1.08. The topological polar surface area (TPSA) is 76.8 Å². The normalized spacial score (nSPS) is 12.1. The Morgan fingerprint density at radius 1 is 1.31 bits per heavy atom. The Balaban J connectivity index is 2.08. The third kappa shape index (κ3) is 2.54. The molecule has 2 aromatic heterocycles. The monoisotopic (exact) mass is 214 g/mol. The molecule has 0 radical (unpaired) electrons. The van der Waals surface area contributed by atoms with Gasteiger partial charge in [0.1, 0.15) is 11.5 Å². The first-order chi connectivity index (χ1) is 7.86. The number of pyridine rings is 1. The zero-order chi connectivity index (χ0) is 11.2. The highest BCUT2D eigenvalue weighted by molar-refractivity contribution is 5.95. The van der Waals surface area contributed by atoms with E-state index < -0.39 is 0 Å². The van der Waals surface area contributed by atoms with Crippen LogP contribution in [0.3, 0.4) is 0 Å². The van der Waals surface area contributed by atoms with Crippen LogP contribution in [-0.4, -0.2) is 17.0 Å².